The number of carbonyl (C=O) groups excluding carboxylic acids is 2. The van der Waals surface area contributed by atoms with E-state index in [4.69, 9.17) is 30.6 Å². The van der Waals surface area contributed by atoms with E-state index in [1.165, 1.54) is 0 Å². The molecule has 0 fully saturated rings. The van der Waals surface area contributed by atoms with Gasteiger partial charge in [-0.1, -0.05) is 0 Å². The maximum Gasteiger partial charge on any atom is 2.00 e. The normalized spacial score (nSPS) is 11.3. The maximum absolute atomic E-state index is 10.6. The second-order valence-corrected chi connectivity index (χ2v) is 4.32. The van der Waals surface area contributed by atoms with E-state index in [-0.39, 0.29) is 48.9 Å². The van der Waals surface area contributed by atoms with Gasteiger partial charge in [0.1, 0.15) is 11.8 Å². The Bertz CT molecular complexity index is 594. The molecule has 0 aromatic heterocycles. The maximum atomic E-state index is 10.6. The zero-order chi connectivity index (χ0) is 21.2. The van der Waals surface area contributed by atoms with Crippen molar-refractivity contribution in [3.8, 4) is 0 Å². The van der Waals surface area contributed by atoms with Crippen LogP contribution in [0.1, 0.15) is 12.8 Å². The molecular weight excluding hydrogens is 505 g/mol. The minimum Gasteiger partial charge on any atom is -0.481 e. The number of carboxylic acid groups (broad SMARTS) is 6. The largest absolute Gasteiger partial charge is 2.00 e. The number of Topliss-reactive ketones (excluding diaryl/α,β-unsaturated/α-hetero) is 2. The van der Waals surface area contributed by atoms with Gasteiger partial charge >= 0.3 is 84.7 Å². The van der Waals surface area contributed by atoms with Gasteiger partial charge in [0.05, 0.1) is 12.8 Å². The number of carboxylic acids is 6. The molecule has 0 aromatic carbocycles. The van der Waals surface area contributed by atoms with E-state index in [0.717, 1.165) is 0 Å². The number of hydrogen-bond acceptors (Lipinski definition) is 8. The van der Waals surface area contributed by atoms with Crippen LogP contribution in [0.2, 0.25) is 0 Å². The number of rotatable bonds is 10. The summed E-state index contributed by atoms with van der Waals surface area (Å²) in [6, 6.07) is 0. The van der Waals surface area contributed by atoms with Crippen LogP contribution in [0.4, 0.5) is 0 Å². The Morgan fingerprint density at radius 2 is 0.741 bits per heavy atom. The first kappa shape index (κ1) is 29.5. The summed E-state index contributed by atoms with van der Waals surface area (Å²) in [5.74, 6) is -17.8. The molecule has 144 valence electrons. The van der Waals surface area contributed by atoms with Crippen molar-refractivity contribution in [3.63, 3.8) is 0 Å². The summed E-state index contributed by atoms with van der Waals surface area (Å²) in [6.45, 7) is 0. The summed E-state index contributed by atoms with van der Waals surface area (Å²) in [7, 11) is 0. The van der Waals surface area contributed by atoms with Gasteiger partial charge in [-0.25, -0.2) is 9.59 Å². The van der Waals surface area contributed by atoms with Gasteiger partial charge in [-0.15, -0.1) is 0 Å². The van der Waals surface area contributed by atoms with E-state index < -0.39 is 72.1 Å². The van der Waals surface area contributed by atoms with E-state index in [9.17, 15) is 38.4 Å². The predicted molar refractivity (Wildman–Crippen MR) is 77.8 cm³/mol. The van der Waals surface area contributed by atoms with Gasteiger partial charge in [0.15, 0.2) is 0 Å². The summed E-state index contributed by atoms with van der Waals surface area (Å²) >= 11 is 0. The Kier molecular flexibility index (Phi) is 15.2. The Hall–Kier alpha value is -2.27. The second-order valence-electron chi connectivity index (χ2n) is 4.32. The van der Waals surface area contributed by atoms with Crippen LogP contribution in [0.15, 0.2) is 0 Å². The van der Waals surface area contributed by atoms with Gasteiger partial charge in [-0.05, 0) is 0 Å². The number of aliphatic carboxylic acids is 6. The molecule has 27 heavy (non-hydrogen) atoms. The fourth-order valence-electron chi connectivity index (χ4n) is 1.23. The average Bonchev–Trinajstić information content (AvgIpc) is 2.48. The average molecular weight is 518 g/mol. The first-order valence-corrected chi connectivity index (χ1v) is 6.15. The molecule has 0 aliphatic heterocycles. The summed E-state index contributed by atoms with van der Waals surface area (Å²) in [4.78, 5) is 81.7. The molecule has 0 radical (unpaired) electrons. The molecule has 0 bridgehead atoms. The van der Waals surface area contributed by atoms with Crippen LogP contribution < -0.4 is 0 Å². The van der Waals surface area contributed by atoms with E-state index in [1.807, 2.05) is 0 Å². The number of hydrogen-bond donors (Lipinski definition) is 6. The first-order valence-electron chi connectivity index (χ1n) is 6.15. The summed E-state index contributed by atoms with van der Waals surface area (Å²) in [5.41, 5.74) is 0. The van der Waals surface area contributed by atoms with Gasteiger partial charge in [0.25, 0.3) is 11.6 Å². The van der Waals surface area contributed by atoms with Gasteiger partial charge in [-0.2, -0.15) is 0 Å². The van der Waals surface area contributed by atoms with Crippen molar-refractivity contribution in [2.24, 2.45) is 11.8 Å². The molecule has 0 aliphatic carbocycles. The van der Waals surface area contributed by atoms with Gasteiger partial charge in [0, 0.05) is 0 Å². The summed E-state index contributed by atoms with van der Waals surface area (Å²) in [6.07, 6.45) is -2.05. The van der Waals surface area contributed by atoms with Crippen LogP contribution >= 0.6 is 0 Å². The van der Waals surface area contributed by atoms with Crippen molar-refractivity contribution < 1.29 is 69.0 Å². The molecule has 6 N–H and O–H groups in total. The van der Waals surface area contributed by atoms with Crippen molar-refractivity contribution in [3.05, 3.63) is 0 Å². The standard InChI is InChI=1S/2C6H6O7.Ba/c2*7-3(8)1-2(5(10)11)4(9)6(12)13;/h2*2H,1H2,(H,7,8)(H,10,11)(H,12,13);/q;;+2. The van der Waals surface area contributed by atoms with Gasteiger partial charge in [-0.3, -0.25) is 28.8 Å². The van der Waals surface area contributed by atoms with Crippen molar-refractivity contribution in [2.45, 2.75) is 12.8 Å². The first-order chi connectivity index (χ1) is 11.7. The fourth-order valence-corrected chi connectivity index (χ4v) is 1.23. The third-order valence-corrected chi connectivity index (χ3v) is 2.41. The van der Waals surface area contributed by atoms with E-state index in [1.54, 1.807) is 0 Å². The number of carbonyl (C=O) groups is 8. The van der Waals surface area contributed by atoms with E-state index >= 15 is 0 Å². The molecule has 0 saturated heterocycles. The third-order valence-electron chi connectivity index (χ3n) is 2.41. The van der Waals surface area contributed by atoms with Crippen LogP contribution in [0.5, 0.6) is 0 Å². The second kappa shape index (κ2) is 13.9. The molecule has 0 amide bonds. The molecule has 0 rings (SSSR count). The molecule has 0 spiro atoms. The molecule has 2 unspecified atom stereocenters. The van der Waals surface area contributed by atoms with E-state index in [0.29, 0.717) is 0 Å². The Morgan fingerprint density at radius 3 is 0.852 bits per heavy atom. The molecule has 0 aromatic rings. The van der Waals surface area contributed by atoms with Crippen LogP contribution in [0.3, 0.4) is 0 Å². The van der Waals surface area contributed by atoms with Crippen LogP contribution in [-0.2, 0) is 38.4 Å². The van der Waals surface area contributed by atoms with Gasteiger partial charge < -0.3 is 30.6 Å². The smallest absolute Gasteiger partial charge is 0.481 e. The van der Waals surface area contributed by atoms with Gasteiger partial charge in [0.2, 0.25) is 0 Å². The minimum absolute atomic E-state index is 0. The Balaban J connectivity index is -0.000000411. The number of ketones is 2. The molecule has 0 heterocycles. The zero-order valence-corrected chi connectivity index (χ0v) is 17.7. The Labute approximate surface area is 188 Å². The van der Waals surface area contributed by atoms with Crippen LogP contribution in [0.25, 0.3) is 0 Å². The quantitative estimate of drug-likeness (QED) is 0.0975. The third kappa shape index (κ3) is 12.7. The van der Waals surface area contributed by atoms with Crippen molar-refractivity contribution >= 4 is 96.3 Å². The molecule has 2 atom stereocenters. The zero-order valence-electron chi connectivity index (χ0n) is 13.2. The van der Waals surface area contributed by atoms with Crippen LogP contribution in [0, 0.1) is 11.8 Å². The molecule has 0 aliphatic rings. The van der Waals surface area contributed by atoms with E-state index in [2.05, 4.69) is 0 Å². The minimum atomic E-state index is -2.02. The molecule has 14 nitrogen and oxygen atoms in total. The van der Waals surface area contributed by atoms with Crippen molar-refractivity contribution in [1.82, 2.24) is 0 Å². The van der Waals surface area contributed by atoms with Crippen molar-refractivity contribution in [2.75, 3.05) is 0 Å². The van der Waals surface area contributed by atoms with Crippen molar-refractivity contribution in [1.29, 1.82) is 0 Å². The summed E-state index contributed by atoms with van der Waals surface area (Å²) < 4.78 is 0. The van der Waals surface area contributed by atoms with Crippen LogP contribution in [-0.4, -0.2) is 127 Å². The monoisotopic (exact) mass is 518 g/mol. The fraction of sp³-hybridized carbons (Fsp3) is 0.333. The predicted octanol–water partition coefficient (Wildman–Crippen LogP) is -2.75. The molecule has 0 saturated carbocycles. The molecular formula is C12H12BaO14+2. The SMILES string of the molecule is O=C(O)CC(C(=O)O)C(=O)C(=O)O.O=C(O)CC(C(=O)O)C(=O)C(=O)O.[Ba+2]. The molecule has 15 heteroatoms. The summed E-state index contributed by atoms with van der Waals surface area (Å²) in [5, 5.41) is 49.1. The topological polar surface area (TPSA) is 258 Å². The Morgan fingerprint density at radius 1 is 0.519 bits per heavy atom.